The van der Waals surface area contributed by atoms with Crippen LogP contribution in [0.25, 0.3) is 0 Å². The number of halogens is 3. The van der Waals surface area contributed by atoms with Crippen LogP contribution in [0, 0.1) is 22.6 Å². The Labute approximate surface area is 223 Å². The van der Waals surface area contributed by atoms with Gasteiger partial charge in [0.1, 0.15) is 11.2 Å². The van der Waals surface area contributed by atoms with Crippen LogP contribution in [-0.2, 0) is 10.2 Å². The molecule has 11 heteroatoms. The van der Waals surface area contributed by atoms with E-state index in [9.17, 15) is 15.2 Å². The summed E-state index contributed by atoms with van der Waals surface area (Å²) in [5.41, 5.74) is -1.66. The van der Waals surface area contributed by atoms with Gasteiger partial charge in [-0.05, 0) is 45.8 Å². The third-order valence-electron chi connectivity index (χ3n) is 6.33. The van der Waals surface area contributed by atoms with Crippen LogP contribution >= 0.6 is 27.5 Å². The zero-order valence-corrected chi connectivity index (χ0v) is 22.6. The van der Waals surface area contributed by atoms with E-state index in [2.05, 4.69) is 42.6 Å². The minimum Gasteiger partial charge on any atom is -0.394 e. The van der Waals surface area contributed by atoms with Crippen molar-refractivity contribution in [1.29, 1.82) is 5.26 Å². The molecule has 1 fully saturated rings. The SMILES string of the molecule is CC(C)(C)C[C@@H]1N[C@@H](C(=O)NCC[C@H](O)CO)[C@H](c2cccc(Cl)c2F)[C@]1(C#N)c1ncc(Br)cn1. The number of amides is 1. The quantitative estimate of drug-likeness (QED) is 0.376. The second-order valence-electron chi connectivity index (χ2n) is 10.2. The number of aliphatic hydroxyl groups is 2. The van der Waals surface area contributed by atoms with Crippen molar-refractivity contribution in [3.8, 4) is 6.07 Å². The van der Waals surface area contributed by atoms with Crippen LogP contribution < -0.4 is 10.6 Å². The van der Waals surface area contributed by atoms with Crippen molar-refractivity contribution in [2.24, 2.45) is 5.41 Å². The highest BCUT2D eigenvalue weighted by Gasteiger charge is 2.62. The monoisotopic (exact) mass is 581 g/mol. The zero-order chi connectivity index (χ0) is 26.7. The molecule has 1 aromatic carbocycles. The van der Waals surface area contributed by atoms with E-state index in [0.29, 0.717) is 10.9 Å². The molecule has 0 radical (unpaired) electrons. The first-order valence-electron chi connectivity index (χ1n) is 11.6. The first-order chi connectivity index (χ1) is 16.9. The van der Waals surface area contributed by atoms with Crippen LogP contribution in [0.3, 0.4) is 0 Å². The fourth-order valence-electron chi connectivity index (χ4n) is 4.75. The molecule has 2 heterocycles. The smallest absolute Gasteiger partial charge is 0.237 e. The lowest BCUT2D eigenvalue weighted by atomic mass is 9.65. The Kier molecular flexibility index (Phi) is 9.06. The lowest BCUT2D eigenvalue weighted by Gasteiger charge is -2.35. The van der Waals surface area contributed by atoms with Gasteiger partial charge >= 0.3 is 0 Å². The van der Waals surface area contributed by atoms with E-state index >= 15 is 4.39 Å². The Morgan fingerprint density at radius 1 is 1.39 bits per heavy atom. The van der Waals surface area contributed by atoms with Gasteiger partial charge in [0, 0.05) is 30.9 Å². The Balaban J connectivity index is 2.19. The number of hydrogen-bond acceptors (Lipinski definition) is 7. The summed E-state index contributed by atoms with van der Waals surface area (Å²) in [6, 6.07) is 5.26. The number of aliphatic hydroxyl groups excluding tert-OH is 2. The topological polar surface area (TPSA) is 131 Å². The summed E-state index contributed by atoms with van der Waals surface area (Å²) in [5, 5.41) is 35.4. The Morgan fingerprint density at radius 3 is 2.64 bits per heavy atom. The van der Waals surface area contributed by atoms with Crippen LogP contribution in [-0.4, -0.2) is 57.4 Å². The number of aromatic nitrogens is 2. The van der Waals surface area contributed by atoms with E-state index < -0.39 is 47.9 Å². The van der Waals surface area contributed by atoms with Crippen LogP contribution in [0.5, 0.6) is 0 Å². The van der Waals surface area contributed by atoms with Crippen LogP contribution in [0.2, 0.25) is 5.02 Å². The van der Waals surface area contributed by atoms with Crippen molar-refractivity contribution in [2.75, 3.05) is 13.2 Å². The van der Waals surface area contributed by atoms with Gasteiger partial charge in [-0.3, -0.25) is 4.79 Å². The largest absolute Gasteiger partial charge is 0.394 e. The van der Waals surface area contributed by atoms with Gasteiger partial charge in [-0.15, -0.1) is 0 Å². The summed E-state index contributed by atoms with van der Waals surface area (Å²) in [5.74, 6) is -2.03. The van der Waals surface area contributed by atoms with Gasteiger partial charge in [-0.2, -0.15) is 5.26 Å². The molecule has 8 nitrogen and oxygen atoms in total. The number of benzene rings is 1. The van der Waals surface area contributed by atoms with E-state index in [1.165, 1.54) is 24.5 Å². The van der Waals surface area contributed by atoms with E-state index in [-0.39, 0.29) is 34.8 Å². The molecule has 0 unspecified atom stereocenters. The zero-order valence-electron chi connectivity index (χ0n) is 20.3. The van der Waals surface area contributed by atoms with Gasteiger partial charge < -0.3 is 20.8 Å². The highest BCUT2D eigenvalue weighted by atomic mass is 79.9. The summed E-state index contributed by atoms with van der Waals surface area (Å²) in [7, 11) is 0. The summed E-state index contributed by atoms with van der Waals surface area (Å²) < 4.78 is 16.1. The fourth-order valence-corrected chi connectivity index (χ4v) is 5.14. The van der Waals surface area contributed by atoms with Crippen LogP contribution in [0.4, 0.5) is 4.39 Å². The molecular formula is C25H30BrClFN5O3. The van der Waals surface area contributed by atoms with Gasteiger partial charge in [-0.25, -0.2) is 14.4 Å². The molecular weight excluding hydrogens is 553 g/mol. The molecule has 194 valence electrons. The average molecular weight is 583 g/mol. The second kappa shape index (κ2) is 11.5. The highest BCUT2D eigenvalue weighted by molar-refractivity contribution is 9.10. The number of carbonyl (C=O) groups is 1. The summed E-state index contributed by atoms with van der Waals surface area (Å²) >= 11 is 9.45. The van der Waals surface area contributed by atoms with Gasteiger partial charge in [-0.1, -0.05) is 44.5 Å². The second-order valence-corrected chi connectivity index (χ2v) is 11.5. The normalized spacial score (nSPS) is 24.8. The summed E-state index contributed by atoms with van der Waals surface area (Å²) in [4.78, 5) is 22.3. The van der Waals surface area contributed by atoms with Crippen LogP contribution in [0.15, 0.2) is 35.1 Å². The Bertz CT molecular complexity index is 1120. The van der Waals surface area contributed by atoms with Gasteiger partial charge in [0.25, 0.3) is 0 Å². The third kappa shape index (κ3) is 5.87. The third-order valence-corrected chi connectivity index (χ3v) is 7.03. The standard InChI is InChI=1S/C25H30BrClFN5O3/c1-24(2,3)9-18-25(13-29,23-31-10-14(26)11-32-23)19(16-5-4-6-17(27)20(16)28)21(33-18)22(36)30-8-7-15(35)12-34/h4-6,10-11,15,18-19,21,33-35H,7-9,12H2,1-3H3,(H,30,36)/t15-,18-,19-,21+,25+/m0/s1. The number of nitrogens with zero attached hydrogens (tertiary/aromatic N) is 3. The maximum atomic E-state index is 15.5. The Morgan fingerprint density at radius 2 is 2.06 bits per heavy atom. The molecule has 1 aromatic heterocycles. The highest BCUT2D eigenvalue weighted by Crippen LogP contribution is 2.51. The van der Waals surface area contributed by atoms with Crippen molar-refractivity contribution in [2.45, 2.75) is 63.1 Å². The molecule has 36 heavy (non-hydrogen) atoms. The molecule has 1 aliphatic rings. The van der Waals surface area contributed by atoms with E-state index in [4.69, 9.17) is 16.7 Å². The van der Waals surface area contributed by atoms with Crippen molar-refractivity contribution >= 4 is 33.4 Å². The van der Waals surface area contributed by atoms with Crippen molar-refractivity contribution in [3.05, 3.63) is 57.3 Å². The van der Waals surface area contributed by atoms with Gasteiger partial charge in [0.2, 0.25) is 5.91 Å². The summed E-state index contributed by atoms with van der Waals surface area (Å²) in [6.07, 6.45) is 2.66. The predicted molar refractivity (Wildman–Crippen MR) is 137 cm³/mol. The van der Waals surface area contributed by atoms with Gasteiger partial charge in [0.05, 0.1) is 34.3 Å². The van der Waals surface area contributed by atoms with Crippen LogP contribution in [0.1, 0.15) is 50.9 Å². The number of rotatable bonds is 8. The van der Waals surface area contributed by atoms with E-state index in [1.54, 1.807) is 6.07 Å². The maximum Gasteiger partial charge on any atom is 0.237 e. The predicted octanol–water partition coefficient (Wildman–Crippen LogP) is 3.21. The van der Waals surface area contributed by atoms with Crippen molar-refractivity contribution in [3.63, 3.8) is 0 Å². The first kappa shape index (κ1) is 28.4. The molecule has 0 aliphatic carbocycles. The maximum absolute atomic E-state index is 15.5. The molecule has 2 aromatic rings. The molecule has 0 bridgehead atoms. The lowest BCUT2D eigenvalue weighted by Crippen LogP contribution is -2.46. The number of hydrogen-bond donors (Lipinski definition) is 4. The fraction of sp³-hybridized carbons (Fsp3) is 0.520. The Hall–Kier alpha value is -2.16. The van der Waals surface area contributed by atoms with Crippen molar-refractivity contribution < 1.29 is 19.4 Å². The molecule has 0 saturated carbocycles. The summed E-state index contributed by atoms with van der Waals surface area (Å²) in [6.45, 7) is 5.69. The molecule has 1 aliphatic heterocycles. The number of carbonyl (C=O) groups excluding carboxylic acids is 1. The average Bonchev–Trinajstić information content (AvgIpc) is 3.14. The lowest BCUT2D eigenvalue weighted by molar-refractivity contribution is -0.123. The molecule has 1 amide bonds. The van der Waals surface area contributed by atoms with Gasteiger partial charge in [0.15, 0.2) is 5.82 Å². The van der Waals surface area contributed by atoms with Crippen molar-refractivity contribution in [1.82, 2.24) is 20.6 Å². The molecule has 3 rings (SSSR count). The number of nitrogens with one attached hydrogen (secondary N) is 2. The minimum absolute atomic E-state index is 0.0851. The molecule has 5 atom stereocenters. The molecule has 4 N–H and O–H groups in total. The molecule has 0 spiro atoms. The first-order valence-corrected chi connectivity index (χ1v) is 12.8. The molecule has 1 saturated heterocycles. The number of nitriles is 1. The minimum atomic E-state index is -1.51. The van der Waals surface area contributed by atoms with E-state index in [1.807, 2.05) is 20.8 Å². The van der Waals surface area contributed by atoms with E-state index in [0.717, 1.165) is 0 Å².